The van der Waals surface area contributed by atoms with Crippen molar-refractivity contribution in [2.24, 2.45) is 0 Å². The number of carbonyl (C=O) groups is 2. The summed E-state index contributed by atoms with van der Waals surface area (Å²) in [5.41, 5.74) is -0.665. The van der Waals surface area contributed by atoms with E-state index in [0.29, 0.717) is 50.3 Å². The molecule has 6 nitrogen and oxygen atoms in total. The molecule has 0 bridgehead atoms. The zero-order valence-corrected chi connectivity index (χ0v) is 14.9. The van der Waals surface area contributed by atoms with Gasteiger partial charge in [0.2, 0.25) is 0 Å². The van der Waals surface area contributed by atoms with Crippen LogP contribution in [0.2, 0.25) is 0 Å². The molecule has 136 valence electrons. The van der Waals surface area contributed by atoms with E-state index in [0.717, 1.165) is 29.7 Å². The molecule has 2 fully saturated rings. The van der Waals surface area contributed by atoms with Crippen LogP contribution in [0.15, 0.2) is 6.07 Å². The van der Waals surface area contributed by atoms with E-state index < -0.39 is 17.2 Å². The average molecular weight is 365 g/mol. The van der Waals surface area contributed by atoms with Crippen molar-refractivity contribution in [3.05, 3.63) is 21.4 Å². The minimum absolute atomic E-state index is 0.146. The zero-order chi connectivity index (χ0) is 17.7. The quantitative estimate of drug-likeness (QED) is 0.838. The molecule has 1 saturated heterocycles. The number of carboxylic acids is 1. The fraction of sp³-hybridized carbons (Fsp3) is 0.667. The summed E-state index contributed by atoms with van der Waals surface area (Å²) in [6.07, 6.45) is 4.96. The number of rotatable bonds is 2. The van der Waals surface area contributed by atoms with Crippen LogP contribution in [0.3, 0.4) is 0 Å². The second-order valence-electron chi connectivity index (χ2n) is 7.38. The Kier molecular flexibility index (Phi) is 4.13. The van der Waals surface area contributed by atoms with Crippen molar-refractivity contribution >= 4 is 23.2 Å². The summed E-state index contributed by atoms with van der Waals surface area (Å²) in [6.45, 7) is 1.67. The van der Waals surface area contributed by atoms with E-state index >= 15 is 0 Å². The number of carbonyl (C=O) groups excluding carboxylic acids is 1. The van der Waals surface area contributed by atoms with E-state index in [2.05, 4.69) is 0 Å². The molecule has 3 aliphatic rings. The first kappa shape index (κ1) is 17.0. The van der Waals surface area contributed by atoms with Crippen LogP contribution in [0, 0.1) is 0 Å². The molecule has 0 atom stereocenters. The highest BCUT2D eigenvalue weighted by Gasteiger charge is 2.47. The first-order chi connectivity index (χ1) is 11.9. The van der Waals surface area contributed by atoms with Crippen molar-refractivity contribution in [2.75, 3.05) is 19.7 Å². The Hall–Kier alpha value is -1.44. The standard InChI is InChI=1S/C18H23NO5S/c20-15(21)14-11-12-13(25-14)3-10-24-18(12)6-8-19(9-7-18)16(22)17(23)4-1-2-5-17/h11,23H,1-10H2,(H,20,21). The molecule has 0 aromatic carbocycles. The average Bonchev–Trinajstić information content (AvgIpc) is 3.23. The van der Waals surface area contributed by atoms with Gasteiger partial charge in [0.1, 0.15) is 10.5 Å². The second kappa shape index (κ2) is 6.07. The van der Waals surface area contributed by atoms with Gasteiger partial charge in [-0.2, -0.15) is 0 Å². The molecule has 1 amide bonds. The van der Waals surface area contributed by atoms with E-state index in [-0.39, 0.29) is 5.91 Å². The van der Waals surface area contributed by atoms with Crippen LogP contribution in [0.5, 0.6) is 0 Å². The highest BCUT2D eigenvalue weighted by Crippen LogP contribution is 2.45. The Labute approximate surface area is 150 Å². The predicted octanol–water partition coefficient (Wildman–Crippen LogP) is 2.14. The molecule has 25 heavy (non-hydrogen) atoms. The van der Waals surface area contributed by atoms with Crippen LogP contribution in [0.25, 0.3) is 0 Å². The number of piperidine rings is 1. The number of amides is 1. The highest BCUT2D eigenvalue weighted by molar-refractivity contribution is 7.14. The number of carboxylic acid groups (broad SMARTS) is 1. The van der Waals surface area contributed by atoms with Gasteiger partial charge in [-0.1, -0.05) is 0 Å². The minimum atomic E-state index is -1.18. The van der Waals surface area contributed by atoms with Gasteiger partial charge in [-0.25, -0.2) is 4.79 Å². The molecule has 1 aromatic heterocycles. The summed E-state index contributed by atoms with van der Waals surface area (Å²) >= 11 is 1.34. The molecule has 7 heteroatoms. The second-order valence-corrected chi connectivity index (χ2v) is 8.51. The van der Waals surface area contributed by atoms with Crippen molar-refractivity contribution in [1.82, 2.24) is 4.90 Å². The van der Waals surface area contributed by atoms with Gasteiger partial charge in [0.15, 0.2) is 0 Å². The largest absolute Gasteiger partial charge is 0.477 e. The number of nitrogens with zero attached hydrogens (tertiary/aromatic N) is 1. The zero-order valence-electron chi connectivity index (χ0n) is 14.1. The fourth-order valence-electron chi connectivity index (χ4n) is 4.48. The Morgan fingerprint density at radius 3 is 2.48 bits per heavy atom. The van der Waals surface area contributed by atoms with Crippen LogP contribution in [-0.2, 0) is 21.6 Å². The van der Waals surface area contributed by atoms with Crippen LogP contribution in [0.1, 0.15) is 58.6 Å². The summed E-state index contributed by atoms with van der Waals surface area (Å²) in [7, 11) is 0. The van der Waals surface area contributed by atoms with Gasteiger partial charge < -0.3 is 19.8 Å². The number of aromatic carboxylic acids is 1. The van der Waals surface area contributed by atoms with Crippen molar-refractivity contribution in [3.63, 3.8) is 0 Å². The van der Waals surface area contributed by atoms with E-state index in [9.17, 15) is 19.8 Å². The molecule has 1 spiro atoms. The molecule has 1 aliphatic carbocycles. The number of aliphatic hydroxyl groups is 1. The van der Waals surface area contributed by atoms with Crippen molar-refractivity contribution in [2.45, 2.75) is 56.1 Å². The summed E-state index contributed by atoms with van der Waals surface area (Å²) in [5, 5.41) is 19.8. The summed E-state index contributed by atoms with van der Waals surface area (Å²) in [6, 6.07) is 1.75. The number of hydrogen-bond acceptors (Lipinski definition) is 5. The molecule has 2 N–H and O–H groups in total. The monoisotopic (exact) mass is 365 g/mol. The normalized spacial score (nSPS) is 24.3. The number of thiophene rings is 1. The number of likely N-dealkylation sites (tertiary alicyclic amines) is 1. The maximum absolute atomic E-state index is 12.7. The topological polar surface area (TPSA) is 87.1 Å². The summed E-state index contributed by atoms with van der Waals surface area (Å²) in [5.74, 6) is -1.04. The molecule has 4 rings (SSSR count). The van der Waals surface area contributed by atoms with E-state index in [1.165, 1.54) is 11.3 Å². The van der Waals surface area contributed by atoms with Crippen LogP contribution in [0.4, 0.5) is 0 Å². The fourth-order valence-corrected chi connectivity index (χ4v) is 5.54. The van der Waals surface area contributed by atoms with Crippen LogP contribution in [-0.4, -0.2) is 52.3 Å². The van der Waals surface area contributed by atoms with E-state index in [4.69, 9.17) is 4.74 Å². The van der Waals surface area contributed by atoms with Crippen molar-refractivity contribution in [1.29, 1.82) is 0 Å². The lowest BCUT2D eigenvalue weighted by atomic mass is 9.81. The lowest BCUT2D eigenvalue weighted by molar-refractivity contribution is -0.158. The van der Waals surface area contributed by atoms with E-state index in [1.807, 2.05) is 0 Å². The molecule has 1 aromatic rings. The first-order valence-electron chi connectivity index (χ1n) is 8.96. The molecule has 3 heterocycles. The highest BCUT2D eigenvalue weighted by atomic mass is 32.1. The molecular weight excluding hydrogens is 342 g/mol. The molecule has 2 aliphatic heterocycles. The van der Waals surface area contributed by atoms with Crippen LogP contribution >= 0.6 is 11.3 Å². The number of ether oxygens (including phenoxy) is 1. The van der Waals surface area contributed by atoms with Gasteiger partial charge in [-0.15, -0.1) is 11.3 Å². The lowest BCUT2D eigenvalue weighted by Gasteiger charge is -2.45. The first-order valence-corrected chi connectivity index (χ1v) is 9.77. The van der Waals surface area contributed by atoms with Gasteiger partial charge in [0.05, 0.1) is 12.2 Å². The number of fused-ring (bicyclic) bond motifs is 2. The minimum Gasteiger partial charge on any atom is -0.477 e. The van der Waals surface area contributed by atoms with E-state index in [1.54, 1.807) is 11.0 Å². The predicted molar refractivity (Wildman–Crippen MR) is 91.8 cm³/mol. The summed E-state index contributed by atoms with van der Waals surface area (Å²) < 4.78 is 6.12. The Morgan fingerprint density at radius 1 is 1.16 bits per heavy atom. The summed E-state index contributed by atoms with van der Waals surface area (Å²) in [4.78, 5) is 27.2. The molecule has 0 radical (unpaired) electrons. The number of hydrogen-bond donors (Lipinski definition) is 2. The third-order valence-corrected chi connectivity index (χ3v) is 7.09. The molecule has 1 saturated carbocycles. The maximum atomic E-state index is 12.7. The SMILES string of the molecule is O=C(O)c1cc2c(s1)CCOC21CCN(C(=O)C2(O)CCCC2)CC1. The Balaban J connectivity index is 1.52. The van der Waals surface area contributed by atoms with Gasteiger partial charge in [0.25, 0.3) is 5.91 Å². The van der Waals surface area contributed by atoms with Gasteiger partial charge in [-0.05, 0) is 50.2 Å². The van der Waals surface area contributed by atoms with Gasteiger partial charge in [-0.3, -0.25) is 4.79 Å². The van der Waals surface area contributed by atoms with Gasteiger partial charge >= 0.3 is 5.97 Å². The Morgan fingerprint density at radius 2 is 1.84 bits per heavy atom. The molecule has 0 unspecified atom stereocenters. The van der Waals surface area contributed by atoms with Crippen molar-refractivity contribution in [3.8, 4) is 0 Å². The Bertz CT molecular complexity index is 698. The van der Waals surface area contributed by atoms with Crippen LogP contribution < -0.4 is 0 Å². The van der Waals surface area contributed by atoms with Crippen molar-refractivity contribution < 1.29 is 24.5 Å². The third-order valence-electron chi connectivity index (χ3n) is 5.91. The van der Waals surface area contributed by atoms with Gasteiger partial charge in [0, 0.05) is 24.4 Å². The smallest absolute Gasteiger partial charge is 0.345 e. The lowest BCUT2D eigenvalue weighted by Crippen LogP contribution is -2.53. The third kappa shape index (κ3) is 2.78. The molecular formula is C18H23NO5S. The maximum Gasteiger partial charge on any atom is 0.345 e.